The molecule has 2 heterocycles. The van der Waals surface area contributed by atoms with Crippen LogP contribution in [-0.4, -0.2) is 15.9 Å². The number of para-hydroxylation sites is 1. The predicted molar refractivity (Wildman–Crippen MR) is 76.1 cm³/mol. The van der Waals surface area contributed by atoms with Gasteiger partial charge in [0.25, 0.3) is 5.91 Å². The highest BCUT2D eigenvalue weighted by Crippen LogP contribution is 2.25. The molecule has 0 aliphatic rings. The van der Waals surface area contributed by atoms with Crippen LogP contribution in [0.15, 0.2) is 41.0 Å². The summed E-state index contributed by atoms with van der Waals surface area (Å²) in [6.45, 7) is 0. The topological polar surface area (TPSA) is 57.8 Å². The van der Waals surface area contributed by atoms with E-state index < -0.39 is 0 Å². The molecule has 0 saturated carbocycles. The molecule has 0 bridgehead atoms. The van der Waals surface area contributed by atoms with E-state index in [1.807, 2.05) is 24.3 Å². The van der Waals surface area contributed by atoms with Gasteiger partial charge in [-0.25, -0.2) is 4.98 Å². The van der Waals surface area contributed by atoms with Crippen LogP contribution in [0.4, 0.5) is 5.13 Å². The number of benzene rings is 1. The number of hydrogen-bond donors (Lipinski definition) is 2. The second-order valence-electron chi connectivity index (χ2n) is 3.67. The number of thiazole rings is 1. The number of anilines is 1. The Kier molecular flexibility index (Phi) is 2.89. The third kappa shape index (κ3) is 2.16. The van der Waals surface area contributed by atoms with Crippen LogP contribution in [0.5, 0.6) is 0 Å². The van der Waals surface area contributed by atoms with E-state index in [0.717, 1.165) is 14.7 Å². The highest BCUT2D eigenvalue weighted by molar-refractivity contribution is 9.10. The van der Waals surface area contributed by atoms with Crippen molar-refractivity contribution in [3.63, 3.8) is 0 Å². The molecule has 3 aromatic rings. The molecule has 0 saturated heterocycles. The maximum absolute atomic E-state index is 11.9. The fraction of sp³-hybridized carbons (Fsp3) is 0. The highest BCUT2D eigenvalue weighted by atomic mass is 79.9. The molecule has 1 aromatic carbocycles. The van der Waals surface area contributed by atoms with E-state index in [0.29, 0.717) is 10.8 Å². The van der Waals surface area contributed by atoms with Gasteiger partial charge in [0.2, 0.25) is 0 Å². The van der Waals surface area contributed by atoms with Gasteiger partial charge in [0.15, 0.2) is 5.13 Å². The molecule has 3 rings (SSSR count). The number of rotatable bonds is 2. The second kappa shape index (κ2) is 4.55. The number of H-pyrrole nitrogens is 1. The van der Waals surface area contributed by atoms with Crippen LogP contribution < -0.4 is 5.32 Å². The summed E-state index contributed by atoms with van der Waals surface area (Å²) >= 11 is 4.75. The van der Waals surface area contributed by atoms with Crippen molar-refractivity contribution in [1.82, 2.24) is 9.97 Å². The quantitative estimate of drug-likeness (QED) is 0.757. The molecule has 2 aromatic heterocycles. The van der Waals surface area contributed by atoms with Gasteiger partial charge in [0.05, 0.1) is 10.2 Å². The summed E-state index contributed by atoms with van der Waals surface area (Å²) in [6, 6.07) is 9.51. The van der Waals surface area contributed by atoms with E-state index in [-0.39, 0.29) is 5.91 Å². The number of amides is 1. The number of halogens is 1. The van der Waals surface area contributed by atoms with E-state index in [4.69, 9.17) is 0 Å². The molecule has 90 valence electrons. The molecule has 1 amide bonds. The van der Waals surface area contributed by atoms with Gasteiger partial charge in [0.1, 0.15) is 5.69 Å². The molecule has 2 N–H and O–H groups in total. The number of fused-ring (bicyclic) bond motifs is 1. The van der Waals surface area contributed by atoms with Crippen LogP contribution in [0.2, 0.25) is 0 Å². The highest BCUT2D eigenvalue weighted by Gasteiger charge is 2.11. The average Bonchev–Trinajstić information content (AvgIpc) is 2.94. The molecule has 0 radical (unpaired) electrons. The number of aromatic nitrogens is 2. The lowest BCUT2D eigenvalue weighted by Crippen LogP contribution is -2.11. The van der Waals surface area contributed by atoms with Gasteiger partial charge >= 0.3 is 0 Å². The summed E-state index contributed by atoms with van der Waals surface area (Å²) in [4.78, 5) is 19.1. The van der Waals surface area contributed by atoms with Crippen LogP contribution in [0.1, 0.15) is 10.5 Å². The minimum absolute atomic E-state index is 0.195. The maximum atomic E-state index is 11.9. The van der Waals surface area contributed by atoms with Gasteiger partial charge in [-0.2, -0.15) is 0 Å². The lowest BCUT2D eigenvalue weighted by molar-refractivity contribution is 0.102. The van der Waals surface area contributed by atoms with Gasteiger partial charge < -0.3 is 4.98 Å². The van der Waals surface area contributed by atoms with E-state index in [9.17, 15) is 4.79 Å². The Morgan fingerprint density at radius 3 is 2.94 bits per heavy atom. The number of carbonyl (C=O) groups is 1. The predicted octanol–water partition coefficient (Wildman–Crippen LogP) is 3.64. The van der Waals surface area contributed by atoms with Gasteiger partial charge in [-0.15, -0.1) is 0 Å². The first kappa shape index (κ1) is 11.4. The zero-order valence-corrected chi connectivity index (χ0v) is 11.5. The van der Waals surface area contributed by atoms with Crippen LogP contribution in [0.3, 0.4) is 0 Å². The van der Waals surface area contributed by atoms with Crippen LogP contribution >= 0.6 is 27.3 Å². The minimum atomic E-state index is -0.195. The Bertz CT molecular complexity index is 686. The summed E-state index contributed by atoms with van der Waals surface area (Å²) in [5.74, 6) is -0.195. The Balaban J connectivity index is 1.86. The average molecular weight is 322 g/mol. The molecule has 0 aliphatic heterocycles. The summed E-state index contributed by atoms with van der Waals surface area (Å²) in [6.07, 6.45) is 1.72. The molecule has 0 spiro atoms. The minimum Gasteiger partial charge on any atom is -0.356 e. The summed E-state index contributed by atoms with van der Waals surface area (Å²) in [7, 11) is 0. The molecule has 4 nitrogen and oxygen atoms in total. The molecule has 0 aliphatic carbocycles. The van der Waals surface area contributed by atoms with Crippen molar-refractivity contribution >= 4 is 48.5 Å². The van der Waals surface area contributed by atoms with Crippen LogP contribution in [-0.2, 0) is 0 Å². The van der Waals surface area contributed by atoms with Crippen molar-refractivity contribution in [3.05, 3.63) is 46.7 Å². The van der Waals surface area contributed by atoms with Crippen molar-refractivity contribution in [2.45, 2.75) is 0 Å². The van der Waals surface area contributed by atoms with Crippen molar-refractivity contribution in [3.8, 4) is 0 Å². The molecular weight excluding hydrogens is 314 g/mol. The standard InChI is InChI=1S/C12H8BrN3OS/c13-7-5-9(14-6-7)11(17)16-12-15-8-3-1-2-4-10(8)18-12/h1-6,14H,(H,15,16,17). The van der Waals surface area contributed by atoms with Gasteiger partial charge in [-0.3, -0.25) is 10.1 Å². The third-order valence-corrected chi connectivity index (χ3v) is 3.82. The molecule has 0 atom stereocenters. The summed E-state index contributed by atoms with van der Waals surface area (Å²) < 4.78 is 1.90. The second-order valence-corrected chi connectivity index (χ2v) is 5.62. The van der Waals surface area contributed by atoms with Crippen molar-refractivity contribution < 1.29 is 4.79 Å². The van der Waals surface area contributed by atoms with E-state index >= 15 is 0 Å². The van der Waals surface area contributed by atoms with Crippen molar-refractivity contribution in [2.24, 2.45) is 0 Å². The fourth-order valence-corrected chi connectivity index (χ4v) is 2.79. The monoisotopic (exact) mass is 321 g/mol. The van der Waals surface area contributed by atoms with E-state index in [1.54, 1.807) is 12.3 Å². The number of carbonyl (C=O) groups excluding carboxylic acids is 1. The Labute approximate surface area is 115 Å². The Morgan fingerprint density at radius 1 is 1.39 bits per heavy atom. The number of hydrogen-bond acceptors (Lipinski definition) is 3. The summed E-state index contributed by atoms with van der Waals surface area (Å²) in [5.41, 5.74) is 1.39. The smallest absolute Gasteiger partial charge is 0.273 e. The van der Waals surface area contributed by atoms with E-state index in [1.165, 1.54) is 11.3 Å². The molecule has 0 fully saturated rings. The van der Waals surface area contributed by atoms with E-state index in [2.05, 4.69) is 31.2 Å². The zero-order valence-electron chi connectivity index (χ0n) is 9.11. The normalized spacial score (nSPS) is 10.7. The Morgan fingerprint density at radius 2 is 2.22 bits per heavy atom. The van der Waals surface area contributed by atoms with Crippen LogP contribution in [0.25, 0.3) is 10.2 Å². The maximum Gasteiger partial charge on any atom is 0.273 e. The SMILES string of the molecule is O=C(Nc1nc2ccccc2s1)c1cc(Br)c[nH]1. The lowest BCUT2D eigenvalue weighted by Gasteiger charge is -1.97. The molecule has 18 heavy (non-hydrogen) atoms. The molecule has 6 heteroatoms. The number of nitrogens with zero attached hydrogens (tertiary/aromatic N) is 1. The lowest BCUT2D eigenvalue weighted by atomic mass is 10.3. The first-order valence-electron chi connectivity index (χ1n) is 5.23. The summed E-state index contributed by atoms with van der Waals surface area (Å²) in [5, 5.41) is 3.38. The van der Waals surface area contributed by atoms with Gasteiger partial charge in [0, 0.05) is 10.7 Å². The van der Waals surface area contributed by atoms with Crippen molar-refractivity contribution in [2.75, 3.05) is 5.32 Å². The zero-order chi connectivity index (χ0) is 12.5. The number of nitrogens with one attached hydrogen (secondary N) is 2. The largest absolute Gasteiger partial charge is 0.356 e. The molecular formula is C12H8BrN3OS. The number of aromatic amines is 1. The Hall–Kier alpha value is -1.66. The first-order valence-corrected chi connectivity index (χ1v) is 6.84. The first-order chi connectivity index (χ1) is 8.72. The van der Waals surface area contributed by atoms with Gasteiger partial charge in [-0.1, -0.05) is 23.5 Å². The van der Waals surface area contributed by atoms with Gasteiger partial charge in [-0.05, 0) is 34.1 Å². The van der Waals surface area contributed by atoms with Crippen molar-refractivity contribution in [1.29, 1.82) is 0 Å². The third-order valence-electron chi connectivity index (χ3n) is 2.41. The molecule has 0 unspecified atom stereocenters. The fourth-order valence-electron chi connectivity index (χ4n) is 1.59. The van der Waals surface area contributed by atoms with Crippen LogP contribution in [0, 0.1) is 0 Å².